The van der Waals surface area contributed by atoms with Crippen LogP contribution >= 0.6 is 0 Å². The van der Waals surface area contributed by atoms with E-state index in [9.17, 15) is 14.4 Å². The Bertz CT molecular complexity index is 337. The first-order valence-electron chi connectivity index (χ1n) is 6.00. The van der Waals surface area contributed by atoms with Crippen LogP contribution in [-0.2, 0) is 14.4 Å². The third kappa shape index (κ3) is 4.33. The van der Waals surface area contributed by atoms with Crippen LogP contribution in [0.25, 0.3) is 0 Å². The van der Waals surface area contributed by atoms with E-state index in [-0.39, 0.29) is 24.3 Å². The van der Waals surface area contributed by atoms with Crippen LogP contribution in [0.15, 0.2) is 0 Å². The van der Waals surface area contributed by atoms with Crippen LogP contribution in [-0.4, -0.2) is 47.8 Å². The number of hydrogen-bond acceptors (Lipinski definition) is 4. The Morgan fingerprint density at radius 1 is 1.33 bits per heavy atom. The summed E-state index contributed by atoms with van der Waals surface area (Å²) >= 11 is 0. The van der Waals surface area contributed by atoms with Gasteiger partial charge in [0.15, 0.2) is 0 Å². The molecule has 0 radical (unpaired) electrons. The monoisotopic (exact) mass is 256 g/mol. The average Bonchev–Trinajstić information content (AvgIpc) is 2.28. The zero-order chi connectivity index (χ0) is 13.7. The first-order valence-corrected chi connectivity index (χ1v) is 6.00. The Morgan fingerprint density at radius 2 is 1.89 bits per heavy atom. The van der Waals surface area contributed by atoms with Gasteiger partial charge in [-0.1, -0.05) is 0 Å². The summed E-state index contributed by atoms with van der Waals surface area (Å²) in [5.41, 5.74) is 10.5. The number of nitrogens with two attached hydrogens (primary N) is 2. The topological polar surface area (TPSA) is 119 Å². The molecule has 3 amide bonds. The lowest BCUT2D eigenvalue weighted by Crippen LogP contribution is -2.51. The molecule has 1 saturated heterocycles. The smallest absolute Gasteiger partial charge is 0.237 e. The minimum Gasteiger partial charge on any atom is -0.370 e. The Hall–Kier alpha value is -1.63. The molecule has 0 aromatic carbocycles. The molecule has 7 nitrogen and oxygen atoms in total. The van der Waals surface area contributed by atoms with Crippen LogP contribution in [0.5, 0.6) is 0 Å². The molecule has 1 aliphatic heterocycles. The molecule has 7 heteroatoms. The zero-order valence-electron chi connectivity index (χ0n) is 10.5. The van der Waals surface area contributed by atoms with Crippen molar-refractivity contribution < 1.29 is 14.4 Å². The third-order valence-electron chi connectivity index (χ3n) is 3.04. The van der Waals surface area contributed by atoms with Crippen molar-refractivity contribution in [3.63, 3.8) is 0 Å². The zero-order valence-corrected chi connectivity index (χ0v) is 10.5. The van der Waals surface area contributed by atoms with E-state index in [1.165, 1.54) is 6.92 Å². The van der Waals surface area contributed by atoms with Crippen LogP contribution in [0.4, 0.5) is 0 Å². The second-order valence-corrected chi connectivity index (χ2v) is 4.57. The standard InChI is InChI=1S/C11H20N4O3/c1-7(16)15-4-2-8(3-5-15)14-11(18)9(12)6-10(13)17/h8-9H,2-6,12H2,1H3,(H2,13,17)(H,14,18). The maximum absolute atomic E-state index is 11.6. The summed E-state index contributed by atoms with van der Waals surface area (Å²) in [6.07, 6.45) is 1.25. The van der Waals surface area contributed by atoms with Crippen molar-refractivity contribution in [3.8, 4) is 0 Å². The number of amides is 3. The van der Waals surface area contributed by atoms with E-state index in [2.05, 4.69) is 5.32 Å². The number of likely N-dealkylation sites (tertiary alicyclic amines) is 1. The number of primary amides is 1. The van der Waals surface area contributed by atoms with Gasteiger partial charge < -0.3 is 21.7 Å². The first-order chi connectivity index (χ1) is 8.40. The Balaban J connectivity index is 2.34. The molecule has 102 valence electrons. The maximum atomic E-state index is 11.6. The number of rotatable bonds is 4. The van der Waals surface area contributed by atoms with Crippen molar-refractivity contribution in [1.82, 2.24) is 10.2 Å². The molecule has 0 bridgehead atoms. The molecule has 1 rings (SSSR count). The summed E-state index contributed by atoms with van der Waals surface area (Å²) in [7, 11) is 0. The molecule has 1 atom stereocenters. The number of hydrogen-bond donors (Lipinski definition) is 3. The van der Waals surface area contributed by atoms with Gasteiger partial charge in [-0.2, -0.15) is 0 Å². The van der Waals surface area contributed by atoms with Gasteiger partial charge in [0.2, 0.25) is 17.7 Å². The highest BCUT2D eigenvalue weighted by molar-refractivity contribution is 5.87. The SMILES string of the molecule is CC(=O)N1CCC(NC(=O)C(N)CC(N)=O)CC1. The lowest BCUT2D eigenvalue weighted by atomic mass is 10.0. The molecule has 0 aliphatic carbocycles. The summed E-state index contributed by atoms with van der Waals surface area (Å²) in [5, 5.41) is 2.77. The van der Waals surface area contributed by atoms with E-state index < -0.39 is 11.9 Å². The van der Waals surface area contributed by atoms with E-state index in [4.69, 9.17) is 11.5 Å². The summed E-state index contributed by atoms with van der Waals surface area (Å²) in [5.74, 6) is -0.913. The van der Waals surface area contributed by atoms with Gasteiger partial charge in [-0.3, -0.25) is 14.4 Å². The second-order valence-electron chi connectivity index (χ2n) is 4.57. The first kappa shape index (κ1) is 14.4. The predicted octanol–water partition coefficient (Wildman–Crippen LogP) is -1.68. The average molecular weight is 256 g/mol. The lowest BCUT2D eigenvalue weighted by molar-refractivity contribution is -0.130. The number of carbonyl (C=O) groups excluding carboxylic acids is 3. The van der Waals surface area contributed by atoms with Crippen molar-refractivity contribution in [3.05, 3.63) is 0 Å². The van der Waals surface area contributed by atoms with Gasteiger partial charge in [-0.15, -0.1) is 0 Å². The normalized spacial score (nSPS) is 18.2. The van der Waals surface area contributed by atoms with Crippen LogP contribution < -0.4 is 16.8 Å². The minimum atomic E-state index is -0.895. The fourth-order valence-corrected chi connectivity index (χ4v) is 1.96. The van der Waals surface area contributed by atoms with E-state index in [0.717, 1.165) is 0 Å². The Morgan fingerprint density at radius 3 is 2.33 bits per heavy atom. The van der Waals surface area contributed by atoms with Crippen molar-refractivity contribution in [1.29, 1.82) is 0 Å². The van der Waals surface area contributed by atoms with Crippen LogP contribution in [0.3, 0.4) is 0 Å². The molecule has 1 heterocycles. The Labute approximate surface area is 106 Å². The van der Waals surface area contributed by atoms with Crippen LogP contribution in [0, 0.1) is 0 Å². The molecule has 1 aliphatic rings. The molecular formula is C11H20N4O3. The van der Waals surface area contributed by atoms with Crippen molar-refractivity contribution in [2.24, 2.45) is 11.5 Å². The van der Waals surface area contributed by atoms with Gasteiger partial charge in [-0.05, 0) is 12.8 Å². The molecular weight excluding hydrogens is 236 g/mol. The summed E-state index contributed by atoms with van der Waals surface area (Å²) in [4.78, 5) is 35.1. The quantitative estimate of drug-likeness (QED) is 0.556. The molecule has 0 saturated carbocycles. The third-order valence-corrected chi connectivity index (χ3v) is 3.04. The molecule has 0 spiro atoms. The largest absolute Gasteiger partial charge is 0.370 e. The van der Waals surface area contributed by atoms with Gasteiger partial charge in [0.25, 0.3) is 0 Å². The number of nitrogens with one attached hydrogen (secondary N) is 1. The highest BCUT2D eigenvalue weighted by Gasteiger charge is 2.24. The highest BCUT2D eigenvalue weighted by atomic mass is 16.2. The van der Waals surface area contributed by atoms with E-state index in [0.29, 0.717) is 25.9 Å². The van der Waals surface area contributed by atoms with Gasteiger partial charge >= 0.3 is 0 Å². The van der Waals surface area contributed by atoms with Crippen LogP contribution in [0.1, 0.15) is 26.2 Å². The number of carbonyl (C=O) groups is 3. The van der Waals surface area contributed by atoms with Crippen molar-refractivity contribution >= 4 is 17.7 Å². The Kier molecular flexibility index (Phi) is 5.08. The lowest BCUT2D eigenvalue weighted by Gasteiger charge is -2.32. The molecule has 1 unspecified atom stereocenters. The summed E-state index contributed by atoms with van der Waals surface area (Å²) in [6.45, 7) is 2.79. The number of nitrogens with zero attached hydrogens (tertiary/aromatic N) is 1. The summed E-state index contributed by atoms with van der Waals surface area (Å²) in [6, 6.07) is -0.889. The van der Waals surface area contributed by atoms with Crippen molar-refractivity contribution in [2.45, 2.75) is 38.3 Å². The maximum Gasteiger partial charge on any atom is 0.237 e. The minimum absolute atomic E-state index is 0.00651. The van der Waals surface area contributed by atoms with E-state index >= 15 is 0 Å². The second kappa shape index (κ2) is 6.34. The fourth-order valence-electron chi connectivity index (χ4n) is 1.96. The van der Waals surface area contributed by atoms with Crippen LogP contribution in [0.2, 0.25) is 0 Å². The van der Waals surface area contributed by atoms with Crippen molar-refractivity contribution in [2.75, 3.05) is 13.1 Å². The fraction of sp³-hybridized carbons (Fsp3) is 0.727. The van der Waals surface area contributed by atoms with E-state index in [1.54, 1.807) is 4.90 Å². The summed E-state index contributed by atoms with van der Waals surface area (Å²) < 4.78 is 0. The van der Waals surface area contributed by atoms with Gasteiger partial charge in [-0.25, -0.2) is 0 Å². The van der Waals surface area contributed by atoms with E-state index in [1.807, 2.05) is 0 Å². The molecule has 18 heavy (non-hydrogen) atoms. The molecule has 0 aromatic heterocycles. The van der Waals surface area contributed by atoms with Gasteiger partial charge in [0.05, 0.1) is 12.5 Å². The van der Waals surface area contributed by atoms with Gasteiger partial charge in [0.1, 0.15) is 0 Å². The molecule has 5 N–H and O–H groups in total. The highest BCUT2D eigenvalue weighted by Crippen LogP contribution is 2.10. The molecule has 0 aromatic rings. The molecule has 1 fully saturated rings. The predicted molar refractivity (Wildman–Crippen MR) is 65.2 cm³/mol. The number of piperidine rings is 1. The van der Waals surface area contributed by atoms with Gasteiger partial charge in [0, 0.05) is 26.1 Å².